The topological polar surface area (TPSA) is 47.4 Å². The van der Waals surface area contributed by atoms with E-state index in [4.69, 9.17) is 4.74 Å². The average Bonchev–Trinajstić information content (AvgIpc) is 3.38. The molecule has 4 rings (SSSR count). The average molecular weight is 339 g/mol. The molecule has 0 bridgehead atoms. The summed E-state index contributed by atoms with van der Waals surface area (Å²) in [5.41, 5.74) is 1.41. The summed E-state index contributed by atoms with van der Waals surface area (Å²) in [5, 5.41) is 0. The maximum Gasteiger partial charge on any atom is 0.293 e. The first-order valence-corrected chi connectivity index (χ1v) is 9.29. The van der Waals surface area contributed by atoms with Crippen LogP contribution in [0, 0.1) is 0 Å². The third-order valence-corrected chi connectivity index (χ3v) is 5.04. The Morgan fingerprint density at radius 3 is 2.80 bits per heavy atom. The molecule has 2 fully saturated rings. The number of benzene rings is 1. The predicted octanol–water partition coefficient (Wildman–Crippen LogP) is 2.81. The third kappa shape index (κ3) is 3.93. The van der Waals surface area contributed by atoms with E-state index in [9.17, 15) is 4.79 Å². The Morgan fingerprint density at radius 2 is 2.00 bits per heavy atom. The van der Waals surface area contributed by atoms with E-state index in [2.05, 4.69) is 34.1 Å². The predicted molar refractivity (Wildman–Crippen MR) is 98.1 cm³/mol. The minimum absolute atomic E-state index is 0.0507. The smallest absolute Gasteiger partial charge is 0.293 e. The van der Waals surface area contributed by atoms with Crippen LogP contribution in [-0.4, -0.2) is 35.4 Å². The highest BCUT2D eigenvalue weighted by molar-refractivity contribution is 5.37. The summed E-state index contributed by atoms with van der Waals surface area (Å²) in [4.78, 5) is 19.0. The van der Waals surface area contributed by atoms with E-state index < -0.39 is 0 Å². The van der Waals surface area contributed by atoms with Crippen molar-refractivity contribution in [3.63, 3.8) is 0 Å². The van der Waals surface area contributed by atoms with Crippen LogP contribution >= 0.6 is 0 Å². The van der Waals surface area contributed by atoms with Gasteiger partial charge in [0.1, 0.15) is 0 Å². The van der Waals surface area contributed by atoms with Crippen LogP contribution in [0.25, 0.3) is 0 Å². The Hall–Kier alpha value is -2.14. The molecule has 25 heavy (non-hydrogen) atoms. The van der Waals surface area contributed by atoms with Gasteiger partial charge in [-0.25, -0.2) is 4.98 Å². The van der Waals surface area contributed by atoms with Gasteiger partial charge in [-0.05, 0) is 37.7 Å². The second-order valence-corrected chi connectivity index (χ2v) is 7.01. The number of aromatic nitrogens is 2. The lowest BCUT2D eigenvalue weighted by Gasteiger charge is -2.18. The number of hydrogen-bond donors (Lipinski definition) is 0. The standard InChI is InChI=1S/C20H25N3O2/c24-20-19(21-11-13-23(20)17-8-9-17)22-12-10-18(15-22)25-14-4-7-16-5-2-1-3-6-16/h1-3,5-6,11,13,17-18H,4,7-10,12,14-15H2. The summed E-state index contributed by atoms with van der Waals surface area (Å²) >= 11 is 0. The molecule has 0 spiro atoms. The largest absolute Gasteiger partial charge is 0.376 e. The molecule has 2 aliphatic rings. The normalized spacial score (nSPS) is 20.2. The van der Waals surface area contributed by atoms with Gasteiger partial charge in [-0.1, -0.05) is 30.3 Å². The van der Waals surface area contributed by atoms with Gasteiger partial charge < -0.3 is 14.2 Å². The van der Waals surface area contributed by atoms with Crippen molar-refractivity contribution < 1.29 is 4.74 Å². The van der Waals surface area contributed by atoms with Crippen LogP contribution in [0.2, 0.25) is 0 Å². The van der Waals surface area contributed by atoms with Crippen molar-refractivity contribution in [3.05, 3.63) is 58.6 Å². The molecular weight excluding hydrogens is 314 g/mol. The molecule has 0 amide bonds. The number of nitrogens with zero attached hydrogens (tertiary/aromatic N) is 3. The lowest BCUT2D eigenvalue weighted by atomic mass is 10.1. The Morgan fingerprint density at radius 1 is 1.16 bits per heavy atom. The fraction of sp³-hybridized carbons (Fsp3) is 0.500. The van der Waals surface area contributed by atoms with Crippen molar-refractivity contribution in [1.29, 1.82) is 0 Å². The SMILES string of the molecule is O=c1c(N2CCC(OCCCc3ccccc3)C2)nccn1C1CC1. The highest BCUT2D eigenvalue weighted by Crippen LogP contribution is 2.33. The summed E-state index contributed by atoms with van der Waals surface area (Å²) in [7, 11) is 0. The summed E-state index contributed by atoms with van der Waals surface area (Å²) in [6.07, 6.45) is 9.02. The fourth-order valence-corrected chi connectivity index (χ4v) is 3.50. The zero-order valence-corrected chi connectivity index (χ0v) is 14.5. The summed E-state index contributed by atoms with van der Waals surface area (Å²) < 4.78 is 7.87. The first-order valence-electron chi connectivity index (χ1n) is 9.29. The fourth-order valence-electron chi connectivity index (χ4n) is 3.50. The maximum absolute atomic E-state index is 12.6. The van der Waals surface area contributed by atoms with Crippen molar-refractivity contribution >= 4 is 5.82 Å². The third-order valence-electron chi connectivity index (χ3n) is 5.04. The molecule has 1 aromatic heterocycles. The first-order chi connectivity index (χ1) is 12.3. The molecule has 1 saturated heterocycles. The second kappa shape index (κ2) is 7.40. The minimum atomic E-state index is 0.0507. The van der Waals surface area contributed by atoms with Crippen LogP contribution in [0.5, 0.6) is 0 Å². The number of ether oxygens (including phenoxy) is 1. The van der Waals surface area contributed by atoms with Crippen LogP contribution in [-0.2, 0) is 11.2 Å². The van der Waals surface area contributed by atoms with E-state index >= 15 is 0 Å². The second-order valence-electron chi connectivity index (χ2n) is 7.01. The van der Waals surface area contributed by atoms with Gasteiger partial charge in [0.15, 0.2) is 5.82 Å². The van der Waals surface area contributed by atoms with Gasteiger partial charge in [0.05, 0.1) is 6.10 Å². The van der Waals surface area contributed by atoms with Crippen LogP contribution < -0.4 is 10.5 Å². The number of anilines is 1. The molecule has 0 radical (unpaired) electrons. The Kier molecular flexibility index (Phi) is 4.83. The van der Waals surface area contributed by atoms with E-state index in [1.54, 1.807) is 6.20 Å². The summed E-state index contributed by atoms with van der Waals surface area (Å²) in [5.74, 6) is 0.588. The molecule has 0 N–H and O–H groups in total. The van der Waals surface area contributed by atoms with Gasteiger partial charge in [0.25, 0.3) is 5.56 Å². The zero-order chi connectivity index (χ0) is 17.1. The van der Waals surface area contributed by atoms with E-state index in [-0.39, 0.29) is 11.7 Å². The molecule has 5 heteroatoms. The highest BCUT2D eigenvalue weighted by Gasteiger charge is 2.29. The van der Waals surface area contributed by atoms with Crippen LogP contribution in [0.1, 0.15) is 37.3 Å². The Bertz CT molecular complexity index is 755. The van der Waals surface area contributed by atoms with E-state index in [1.807, 2.05) is 16.8 Å². The van der Waals surface area contributed by atoms with Crippen molar-refractivity contribution in [2.45, 2.75) is 44.2 Å². The summed E-state index contributed by atoms with van der Waals surface area (Å²) in [6.45, 7) is 2.38. The molecule has 1 saturated carbocycles. The van der Waals surface area contributed by atoms with Crippen molar-refractivity contribution in [2.75, 3.05) is 24.6 Å². The Labute approximate surface area is 148 Å². The molecule has 2 aromatic rings. The molecule has 1 aromatic carbocycles. The molecule has 5 nitrogen and oxygen atoms in total. The number of rotatable bonds is 7. The Balaban J connectivity index is 1.27. The quantitative estimate of drug-likeness (QED) is 0.728. The van der Waals surface area contributed by atoms with E-state index in [0.29, 0.717) is 11.9 Å². The molecule has 1 unspecified atom stereocenters. The van der Waals surface area contributed by atoms with Crippen molar-refractivity contribution in [3.8, 4) is 0 Å². The van der Waals surface area contributed by atoms with Crippen molar-refractivity contribution in [2.24, 2.45) is 0 Å². The van der Waals surface area contributed by atoms with E-state index in [1.165, 1.54) is 5.56 Å². The lowest BCUT2D eigenvalue weighted by Crippen LogP contribution is -2.32. The zero-order valence-electron chi connectivity index (χ0n) is 14.5. The van der Waals surface area contributed by atoms with Gasteiger partial charge in [-0.3, -0.25) is 4.79 Å². The van der Waals surface area contributed by atoms with Crippen LogP contribution in [0.3, 0.4) is 0 Å². The minimum Gasteiger partial charge on any atom is -0.376 e. The van der Waals surface area contributed by atoms with Gasteiger partial charge in [0.2, 0.25) is 0 Å². The van der Waals surface area contributed by atoms with Gasteiger partial charge in [-0.2, -0.15) is 0 Å². The first kappa shape index (κ1) is 16.3. The van der Waals surface area contributed by atoms with Crippen molar-refractivity contribution in [1.82, 2.24) is 9.55 Å². The molecular formula is C20H25N3O2. The maximum atomic E-state index is 12.6. The summed E-state index contributed by atoms with van der Waals surface area (Å²) in [6, 6.07) is 10.9. The molecule has 2 heterocycles. The number of hydrogen-bond acceptors (Lipinski definition) is 4. The molecule has 1 aliphatic carbocycles. The number of aryl methyl sites for hydroxylation is 1. The highest BCUT2D eigenvalue weighted by atomic mass is 16.5. The molecule has 1 atom stereocenters. The van der Waals surface area contributed by atoms with Gasteiger partial charge in [-0.15, -0.1) is 0 Å². The monoisotopic (exact) mass is 339 g/mol. The van der Waals surface area contributed by atoms with E-state index in [0.717, 1.165) is 51.8 Å². The van der Waals surface area contributed by atoms with Crippen LogP contribution in [0.15, 0.2) is 47.5 Å². The van der Waals surface area contributed by atoms with Crippen LogP contribution in [0.4, 0.5) is 5.82 Å². The molecule has 132 valence electrons. The molecule has 1 aliphatic heterocycles. The lowest BCUT2D eigenvalue weighted by molar-refractivity contribution is 0.0666. The van der Waals surface area contributed by atoms with Gasteiger partial charge in [0, 0.05) is 38.1 Å². The van der Waals surface area contributed by atoms with Gasteiger partial charge >= 0.3 is 0 Å².